The molecule has 10 nitrogen and oxygen atoms in total. The summed E-state index contributed by atoms with van der Waals surface area (Å²) in [5, 5.41) is 13.4. The van der Waals surface area contributed by atoms with Gasteiger partial charge in [0.25, 0.3) is 0 Å². The van der Waals surface area contributed by atoms with Crippen molar-refractivity contribution in [2.24, 2.45) is 0 Å². The molecule has 0 saturated carbocycles. The van der Waals surface area contributed by atoms with Gasteiger partial charge in [-0.25, -0.2) is 15.0 Å². The van der Waals surface area contributed by atoms with Crippen LogP contribution in [0.5, 0.6) is 0 Å². The number of nitrogens with one attached hydrogen (secondary N) is 5. The average Bonchev–Trinajstić information content (AvgIpc) is 3.74. The van der Waals surface area contributed by atoms with Crippen molar-refractivity contribution in [1.82, 2.24) is 50.3 Å². The van der Waals surface area contributed by atoms with E-state index in [-0.39, 0.29) is 0 Å². The summed E-state index contributed by atoms with van der Waals surface area (Å²) in [6.45, 7) is 21.3. The van der Waals surface area contributed by atoms with Crippen molar-refractivity contribution < 1.29 is 0 Å². The molecule has 0 aliphatic rings. The molecular formula is C30H50N10. The van der Waals surface area contributed by atoms with E-state index < -0.39 is 0 Å². The molecule has 0 spiro atoms. The topological polar surface area (TPSA) is 143 Å². The van der Waals surface area contributed by atoms with Crippen molar-refractivity contribution in [3.63, 3.8) is 0 Å². The summed E-state index contributed by atoms with van der Waals surface area (Å²) in [5.41, 5.74) is 4.80. The lowest BCUT2D eigenvalue weighted by Crippen LogP contribution is -1.87. The largest absolute Gasteiger partial charge is 0.348 e. The van der Waals surface area contributed by atoms with Gasteiger partial charge >= 0.3 is 0 Å². The first-order valence-corrected chi connectivity index (χ1v) is 14.0. The van der Waals surface area contributed by atoms with E-state index in [0.717, 1.165) is 5.82 Å². The molecule has 0 saturated heterocycles. The molecule has 5 aromatic heterocycles. The zero-order valence-electron chi connectivity index (χ0n) is 25.9. The summed E-state index contributed by atoms with van der Waals surface area (Å²) in [7, 11) is 0. The van der Waals surface area contributed by atoms with E-state index in [0.29, 0.717) is 29.6 Å². The molecule has 5 rings (SSSR count). The van der Waals surface area contributed by atoms with Crippen molar-refractivity contribution >= 4 is 0 Å². The zero-order valence-corrected chi connectivity index (χ0v) is 25.9. The van der Waals surface area contributed by atoms with E-state index in [1.807, 2.05) is 30.7 Å². The lowest BCUT2D eigenvalue weighted by atomic mass is 10.1. The van der Waals surface area contributed by atoms with Crippen LogP contribution in [-0.2, 0) is 0 Å². The maximum absolute atomic E-state index is 4.06. The summed E-state index contributed by atoms with van der Waals surface area (Å²) in [6.07, 6.45) is 14.3. The molecule has 220 valence electrons. The van der Waals surface area contributed by atoms with E-state index in [1.54, 1.807) is 31.2 Å². The highest BCUT2D eigenvalue weighted by atomic mass is 15.1. The second-order valence-electron chi connectivity index (χ2n) is 10.8. The van der Waals surface area contributed by atoms with Gasteiger partial charge in [0.2, 0.25) is 0 Å². The highest BCUT2D eigenvalue weighted by Gasteiger charge is 1.98. The highest BCUT2D eigenvalue weighted by molar-refractivity contribution is 5.03. The molecule has 5 aromatic rings. The SMILES string of the molecule is CC(C)c1ccn[nH]1.CC(C)c1ccn[nH]1.CC(C)c1cnc[nH]1.CC(C)c1cnc[nH]1.CC(C)c1ncc[nH]1. The van der Waals surface area contributed by atoms with E-state index >= 15 is 0 Å². The smallest absolute Gasteiger partial charge is 0.108 e. The molecule has 0 fully saturated rings. The summed E-state index contributed by atoms with van der Waals surface area (Å²) in [5.74, 6) is 3.85. The molecule has 5 heterocycles. The summed E-state index contributed by atoms with van der Waals surface area (Å²) in [6, 6.07) is 3.98. The number of nitrogens with zero attached hydrogens (tertiary/aromatic N) is 5. The fraction of sp³-hybridized carbons (Fsp3) is 0.500. The van der Waals surface area contributed by atoms with E-state index in [1.165, 1.54) is 22.8 Å². The minimum Gasteiger partial charge on any atom is -0.348 e. The average molecular weight is 551 g/mol. The van der Waals surface area contributed by atoms with E-state index in [4.69, 9.17) is 0 Å². The van der Waals surface area contributed by atoms with Crippen LogP contribution in [0.1, 0.15) is 127 Å². The maximum Gasteiger partial charge on any atom is 0.108 e. The second kappa shape index (κ2) is 19.2. The van der Waals surface area contributed by atoms with Gasteiger partial charge in [0.15, 0.2) is 0 Å². The Morgan fingerprint density at radius 1 is 0.500 bits per heavy atom. The van der Waals surface area contributed by atoms with Crippen LogP contribution in [0.15, 0.2) is 62.0 Å². The highest BCUT2D eigenvalue weighted by Crippen LogP contribution is 2.09. The minimum absolute atomic E-state index is 0.519. The van der Waals surface area contributed by atoms with Crippen LogP contribution in [0.25, 0.3) is 0 Å². The van der Waals surface area contributed by atoms with Gasteiger partial charge in [0.1, 0.15) is 5.82 Å². The predicted molar refractivity (Wildman–Crippen MR) is 163 cm³/mol. The van der Waals surface area contributed by atoms with Gasteiger partial charge < -0.3 is 15.0 Å². The monoisotopic (exact) mass is 550 g/mol. The van der Waals surface area contributed by atoms with Crippen molar-refractivity contribution in [1.29, 1.82) is 0 Å². The maximum atomic E-state index is 4.06. The molecule has 0 amide bonds. The Kier molecular flexibility index (Phi) is 16.3. The molecule has 5 N–H and O–H groups in total. The molecule has 0 aromatic carbocycles. The molecule has 0 bridgehead atoms. The minimum atomic E-state index is 0.519. The third kappa shape index (κ3) is 14.3. The molecular weight excluding hydrogens is 500 g/mol. The van der Waals surface area contributed by atoms with Crippen LogP contribution in [0, 0.1) is 0 Å². The van der Waals surface area contributed by atoms with Crippen molar-refractivity contribution in [3.05, 3.63) is 90.6 Å². The van der Waals surface area contributed by atoms with Crippen LogP contribution in [-0.4, -0.2) is 50.3 Å². The van der Waals surface area contributed by atoms with Gasteiger partial charge in [0.05, 0.1) is 12.7 Å². The lowest BCUT2D eigenvalue weighted by Gasteiger charge is -1.95. The quantitative estimate of drug-likeness (QED) is 0.152. The Hall–Kier alpha value is -3.95. The third-order valence-corrected chi connectivity index (χ3v) is 5.64. The van der Waals surface area contributed by atoms with Gasteiger partial charge in [-0.05, 0) is 35.8 Å². The molecule has 0 atom stereocenters. The second-order valence-corrected chi connectivity index (χ2v) is 10.8. The Morgan fingerprint density at radius 2 is 0.925 bits per heavy atom. The number of H-pyrrole nitrogens is 5. The Labute approximate surface area is 239 Å². The predicted octanol–water partition coefficient (Wildman–Crippen LogP) is 7.67. The molecule has 0 aliphatic heterocycles. The van der Waals surface area contributed by atoms with Crippen LogP contribution in [0.3, 0.4) is 0 Å². The molecule has 0 aliphatic carbocycles. The van der Waals surface area contributed by atoms with Gasteiger partial charge in [-0.3, -0.25) is 10.2 Å². The van der Waals surface area contributed by atoms with Gasteiger partial charge in [-0.2, -0.15) is 10.2 Å². The van der Waals surface area contributed by atoms with E-state index in [2.05, 4.69) is 120 Å². The normalized spacial score (nSPS) is 10.4. The molecule has 10 heteroatoms. The number of aromatic amines is 5. The number of aromatic nitrogens is 10. The van der Waals surface area contributed by atoms with Crippen LogP contribution >= 0.6 is 0 Å². The fourth-order valence-corrected chi connectivity index (χ4v) is 2.93. The molecule has 0 radical (unpaired) electrons. The molecule has 40 heavy (non-hydrogen) atoms. The van der Waals surface area contributed by atoms with Crippen LogP contribution in [0.4, 0.5) is 0 Å². The van der Waals surface area contributed by atoms with Gasteiger partial charge in [-0.15, -0.1) is 0 Å². The Morgan fingerprint density at radius 3 is 1.07 bits per heavy atom. The summed E-state index contributed by atoms with van der Waals surface area (Å²) in [4.78, 5) is 20.9. The summed E-state index contributed by atoms with van der Waals surface area (Å²) < 4.78 is 0. The van der Waals surface area contributed by atoms with E-state index in [9.17, 15) is 0 Å². The fourth-order valence-electron chi connectivity index (χ4n) is 2.93. The first-order valence-electron chi connectivity index (χ1n) is 14.0. The lowest BCUT2D eigenvalue weighted by molar-refractivity contribution is 0.794. The summed E-state index contributed by atoms with van der Waals surface area (Å²) >= 11 is 0. The standard InChI is InChI=1S/5C6H10N2/c2*1-5(2)6-3-7-4-8-6;1-5(2)6-7-3-4-8-6;2*1-5(2)6-3-4-7-8-6/h5*3-5H,1-2H3,(H,7,8). The third-order valence-electron chi connectivity index (χ3n) is 5.64. The zero-order chi connectivity index (χ0) is 29.9. The van der Waals surface area contributed by atoms with Crippen molar-refractivity contribution in [3.8, 4) is 0 Å². The first-order chi connectivity index (χ1) is 19.0. The number of imidazole rings is 3. The Bertz CT molecular complexity index is 930. The Balaban J connectivity index is 0.000000250. The van der Waals surface area contributed by atoms with Gasteiger partial charge in [-0.1, -0.05) is 69.2 Å². The van der Waals surface area contributed by atoms with Crippen LogP contribution in [0.2, 0.25) is 0 Å². The van der Waals surface area contributed by atoms with Crippen molar-refractivity contribution in [2.75, 3.05) is 0 Å². The first kappa shape index (κ1) is 34.1. The number of hydrogen-bond donors (Lipinski definition) is 5. The van der Waals surface area contributed by atoms with Crippen LogP contribution < -0.4 is 0 Å². The van der Waals surface area contributed by atoms with Crippen molar-refractivity contribution in [2.45, 2.75) is 98.8 Å². The molecule has 0 unspecified atom stereocenters. The number of hydrogen-bond acceptors (Lipinski definition) is 5. The number of rotatable bonds is 5. The van der Waals surface area contributed by atoms with Gasteiger partial charge in [0, 0.05) is 65.9 Å².